The molecule has 2 N–H and O–H groups in total. The zero-order valence-corrected chi connectivity index (χ0v) is 14.3. The highest BCUT2D eigenvalue weighted by Crippen LogP contribution is 2.27. The molecule has 1 aliphatic heterocycles. The molecule has 23 heavy (non-hydrogen) atoms. The fourth-order valence-electron chi connectivity index (χ4n) is 2.57. The van der Waals surface area contributed by atoms with Gasteiger partial charge in [0.25, 0.3) is 0 Å². The van der Waals surface area contributed by atoms with Gasteiger partial charge in [-0.1, -0.05) is 12.1 Å². The Hall–Kier alpha value is -1.64. The molecule has 0 spiro atoms. The summed E-state index contributed by atoms with van der Waals surface area (Å²) >= 11 is 0. The zero-order chi connectivity index (χ0) is 16.9. The van der Waals surface area contributed by atoms with Crippen LogP contribution < -0.4 is 10.6 Å². The molecule has 128 valence electrons. The molecule has 1 aromatic rings. The number of ether oxygens (including phenoxy) is 1. The number of urea groups is 1. The van der Waals surface area contributed by atoms with Gasteiger partial charge in [0.05, 0.1) is 6.26 Å². The predicted octanol–water partition coefficient (Wildman–Crippen LogP) is 1.16. The molecule has 0 aliphatic carbocycles. The Kier molecular flexibility index (Phi) is 5.97. The van der Waals surface area contributed by atoms with Crippen LogP contribution in [-0.2, 0) is 27.7 Å². The summed E-state index contributed by atoms with van der Waals surface area (Å²) in [6.45, 7) is 1.91. The van der Waals surface area contributed by atoms with Gasteiger partial charge in [0.1, 0.15) is 0 Å². The monoisotopic (exact) mass is 341 g/mol. The van der Waals surface area contributed by atoms with E-state index in [4.69, 9.17) is 4.74 Å². The van der Waals surface area contributed by atoms with Crippen LogP contribution in [0.1, 0.15) is 17.5 Å². The molecule has 0 radical (unpaired) electrons. The highest BCUT2D eigenvalue weighted by molar-refractivity contribution is 7.88. The van der Waals surface area contributed by atoms with Gasteiger partial charge < -0.3 is 15.4 Å². The summed E-state index contributed by atoms with van der Waals surface area (Å²) in [6, 6.07) is 5.29. The van der Waals surface area contributed by atoms with Gasteiger partial charge in [-0.25, -0.2) is 13.2 Å². The highest BCUT2D eigenvalue weighted by atomic mass is 32.2. The molecule has 1 heterocycles. The molecular weight excluding hydrogens is 318 g/mol. The Bertz CT molecular complexity index is 661. The van der Waals surface area contributed by atoms with E-state index in [1.54, 1.807) is 7.11 Å². The zero-order valence-electron chi connectivity index (χ0n) is 13.5. The third-order valence-corrected chi connectivity index (χ3v) is 5.01. The summed E-state index contributed by atoms with van der Waals surface area (Å²) < 4.78 is 29.7. The van der Waals surface area contributed by atoms with E-state index in [0.717, 1.165) is 23.2 Å². The summed E-state index contributed by atoms with van der Waals surface area (Å²) in [5.74, 6) is 0. The van der Waals surface area contributed by atoms with Crippen LogP contribution in [0.3, 0.4) is 0 Å². The van der Waals surface area contributed by atoms with Crippen molar-refractivity contribution in [1.29, 1.82) is 0 Å². The number of nitrogens with zero attached hydrogens (tertiary/aromatic N) is 1. The van der Waals surface area contributed by atoms with Crippen molar-refractivity contribution in [3.05, 3.63) is 29.3 Å². The molecule has 2 rings (SSSR count). The van der Waals surface area contributed by atoms with Crippen molar-refractivity contribution in [2.24, 2.45) is 0 Å². The van der Waals surface area contributed by atoms with Crippen molar-refractivity contribution < 1.29 is 17.9 Å². The van der Waals surface area contributed by atoms with Gasteiger partial charge in [-0.2, -0.15) is 4.31 Å². The normalized spacial score (nSPS) is 15.0. The second-order valence-electron chi connectivity index (χ2n) is 5.52. The largest absolute Gasteiger partial charge is 0.385 e. The van der Waals surface area contributed by atoms with Crippen LogP contribution in [0.5, 0.6) is 0 Å². The molecule has 0 bridgehead atoms. The average Bonchev–Trinajstić information content (AvgIpc) is 2.50. The number of rotatable bonds is 6. The fraction of sp³-hybridized carbons (Fsp3) is 0.533. The van der Waals surface area contributed by atoms with E-state index < -0.39 is 10.0 Å². The first-order chi connectivity index (χ1) is 10.9. The van der Waals surface area contributed by atoms with Gasteiger partial charge in [0.2, 0.25) is 10.0 Å². The maximum absolute atomic E-state index is 11.9. The van der Waals surface area contributed by atoms with Crippen LogP contribution in [-0.4, -0.2) is 51.8 Å². The lowest BCUT2D eigenvalue weighted by Crippen LogP contribution is -2.36. The van der Waals surface area contributed by atoms with Crippen LogP contribution >= 0.6 is 0 Å². The fourth-order valence-corrected chi connectivity index (χ4v) is 3.37. The number of amides is 2. The first-order valence-corrected chi connectivity index (χ1v) is 9.36. The van der Waals surface area contributed by atoms with Crippen molar-refractivity contribution in [2.45, 2.75) is 19.4 Å². The molecule has 8 heteroatoms. The van der Waals surface area contributed by atoms with Crippen molar-refractivity contribution in [3.63, 3.8) is 0 Å². The Labute approximate surface area is 137 Å². The van der Waals surface area contributed by atoms with Gasteiger partial charge in [0.15, 0.2) is 0 Å². The summed E-state index contributed by atoms with van der Waals surface area (Å²) in [4.78, 5) is 11.9. The van der Waals surface area contributed by atoms with Gasteiger partial charge in [-0.05, 0) is 30.0 Å². The number of sulfonamides is 1. The second kappa shape index (κ2) is 7.76. The number of fused-ring (bicyclic) bond motifs is 1. The minimum atomic E-state index is -3.20. The van der Waals surface area contributed by atoms with Crippen molar-refractivity contribution in [1.82, 2.24) is 9.62 Å². The molecule has 0 unspecified atom stereocenters. The number of hydrogen-bond donors (Lipinski definition) is 2. The second-order valence-corrected chi connectivity index (χ2v) is 7.50. The maximum Gasteiger partial charge on any atom is 0.319 e. The quantitative estimate of drug-likeness (QED) is 0.760. The Morgan fingerprint density at radius 3 is 2.87 bits per heavy atom. The van der Waals surface area contributed by atoms with Gasteiger partial charge in [0, 0.05) is 39.0 Å². The van der Waals surface area contributed by atoms with E-state index in [1.165, 1.54) is 10.6 Å². The molecule has 7 nitrogen and oxygen atoms in total. The number of anilines is 1. The molecule has 1 aromatic carbocycles. The Morgan fingerprint density at radius 2 is 2.17 bits per heavy atom. The summed E-state index contributed by atoms with van der Waals surface area (Å²) in [5.41, 5.74) is 2.66. The maximum atomic E-state index is 11.9. The molecule has 0 fully saturated rings. The summed E-state index contributed by atoms with van der Waals surface area (Å²) in [5, 5.41) is 5.61. The molecule has 2 amide bonds. The van der Waals surface area contributed by atoms with E-state index >= 15 is 0 Å². The third kappa shape index (κ3) is 4.92. The van der Waals surface area contributed by atoms with Gasteiger partial charge in [-0.3, -0.25) is 0 Å². The number of methoxy groups -OCH3 is 1. The van der Waals surface area contributed by atoms with Crippen LogP contribution in [0.25, 0.3) is 0 Å². The highest BCUT2D eigenvalue weighted by Gasteiger charge is 2.24. The van der Waals surface area contributed by atoms with Crippen molar-refractivity contribution in [2.75, 3.05) is 38.4 Å². The van der Waals surface area contributed by atoms with Crippen molar-refractivity contribution >= 4 is 21.7 Å². The van der Waals surface area contributed by atoms with E-state index in [2.05, 4.69) is 10.6 Å². The van der Waals surface area contributed by atoms with Gasteiger partial charge >= 0.3 is 6.03 Å². The van der Waals surface area contributed by atoms with E-state index in [1.807, 2.05) is 18.2 Å². The molecular formula is C15H23N3O4S. The standard InChI is InChI=1S/C15H23N3O4S/c1-22-10-4-8-16-15(19)17-14-6-3-5-12-11-18(23(2,20)21)9-7-13(12)14/h3,5-6H,4,7-11H2,1-2H3,(H2,16,17,19). The molecule has 0 aromatic heterocycles. The van der Waals surface area contributed by atoms with E-state index in [0.29, 0.717) is 32.7 Å². The molecule has 1 aliphatic rings. The summed E-state index contributed by atoms with van der Waals surface area (Å²) in [7, 11) is -1.58. The molecule has 0 atom stereocenters. The lowest BCUT2D eigenvalue weighted by atomic mass is 9.99. The lowest BCUT2D eigenvalue weighted by Gasteiger charge is -2.28. The first kappa shape index (κ1) is 17.7. The van der Waals surface area contributed by atoms with E-state index in [-0.39, 0.29) is 6.03 Å². The number of hydrogen-bond acceptors (Lipinski definition) is 4. The minimum Gasteiger partial charge on any atom is -0.385 e. The molecule has 0 saturated carbocycles. The third-order valence-electron chi connectivity index (χ3n) is 3.76. The summed E-state index contributed by atoms with van der Waals surface area (Å²) in [6.07, 6.45) is 2.55. The molecule has 0 saturated heterocycles. The number of benzene rings is 1. The Balaban J connectivity index is 2.01. The minimum absolute atomic E-state index is 0.264. The van der Waals surface area contributed by atoms with Crippen LogP contribution in [0, 0.1) is 0 Å². The van der Waals surface area contributed by atoms with Crippen LogP contribution in [0.2, 0.25) is 0 Å². The number of carbonyl (C=O) groups is 1. The number of nitrogens with one attached hydrogen (secondary N) is 2. The van der Waals surface area contributed by atoms with E-state index in [9.17, 15) is 13.2 Å². The smallest absolute Gasteiger partial charge is 0.319 e. The van der Waals surface area contributed by atoms with Gasteiger partial charge in [-0.15, -0.1) is 0 Å². The van der Waals surface area contributed by atoms with Crippen LogP contribution in [0.15, 0.2) is 18.2 Å². The predicted molar refractivity (Wildman–Crippen MR) is 88.9 cm³/mol. The van der Waals surface area contributed by atoms with Crippen molar-refractivity contribution in [3.8, 4) is 0 Å². The Morgan fingerprint density at radius 1 is 1.39 bits per heavy atom. The number of carbonyl (C=O) groups excluding carboxylic acids is 1. The van der Waals surface area contributed by atoms with Crippen LogP contribution in [0.4, 0.5) is 10.5 Å². The topological polar surface area (TPSA) is 87.7 Å². The SMILES string of the molecule is COCCCNC(=O)Nc1cccc2c1CCN(S(C)(=O)=O)C2. The average molecular weight is 341 g/mol. The first-order valence-electron chi connectivity index (χ1n) is 7.51. The lowest BCUT2D eigenvalue weighted by molar-refractivity contribution is 0.194.